The summed E-state index contributed by atoms with van der Waals surface area (Å²) in [6.45, 7) is 1.35. The predicted molar refractivity (Wildman–Crippen MR) is 64.1 cm³/mol. The lowest BCUT2D eigenvalue weighted by atomic mass is 10.1. The van der Waals surface area contributed by atoms with Crippen LogP contribution in [-0.2, 0) is 11.2 Å². The Morgan fingerprint density at radius 1 is 1.39 bits per heavy atom. The maximum absolute atomic E-state index is 12.1. The van der Waals surface area contributed by atoms with E-state index in [4.69, 9.17) is 4.42 Å². The van der Waals surface area contributed by atoms with Gasteiger partial charge >= 0.3 is 0 Å². The van der Waals surface area contributed by atoms with E-state index in [1.165, 1.54) is 24.0 Å². The Hall–Kier alpha value is -1.62. The summed E-state index contributed by atoms with van der Waals surface area (Å²) in [5.74, 6) is 0.118. The van der Waals surface area contributed by atoms with Crippen molar-refractivity contribution in [2.75, 3.05) is 13.1 Å². The Kier molecular flexibility index (Phi) is 2.91. The number of hydrogen-bond donors (Lipinski definition) is 1. The largest absolute Gasteiger partial charge is 0.468 e. The van der Waals surface area contributed by atoms with E-state index in [2.05, 4.69) is 5.32 Å². The molecule has 2 aliphatic rings. The van der Waals surface area contributed by atoms with Gasteiger partial charge in [0, 0.05) is 12.6 Å². The quantitative estimate of drug-likeness (QED) is 0.622. The van der Waals surface area contributed by atoms with Crippen LogP contribution in [0.15, 0.2) is 16.7 Å². The third-order valence-corrected chi connectivity index (χ3v) is 3.40. The Balaban J connectivity index is 1.58. The van der Waals surface area contributed by atoms with Crippen molar-refractivity contribution >= 4 is 11.8 Å². The number of rotatable bonds is 5. The van der Waals surface area contributed by atoms with Crippen LogP contribution in [-0.4, -0.2) is 35.8 Å². The number of nitrogens with one attached hydrogen (secondary N) is 1. The number of imide groups is 1. The SMILES string of the molecule is O=C1Cc2occc2C(=O)N1CCCNC1CC1. The minimum absolute atomic E-state index is 0.158. The van der Waals surface area contributed by atoms with E-state index in [1.54, 1.807) is 6.07 Å². The molecular formula is C13H16N2O3. The molecule has 2 amide bonds. The second-order valence-corrected chi connectivity index (χ2v) is 4.87. The van der Waals surface area contributed by atoms with E-state index in [1.807, 2.05) is 0 Å². The molecule has 1 aliphatic heterocycles. The summed E-state index contributed by atoms with van der Waals surface area (Å²) in [5.41, 5.74) is 0.532. The average molecular weight is 248 g/mol. The molecule has 5 heteroatoms. The normalized spacial score (nSPS) is 19.2. The smallest absolute Gasteiger partial charge is 0.264 e. The van der Waals surface area contributed by atoms with Gasteiger partial charge in [0.2, 0.25) is 5.91 Å². The highest BCUT2D eigenvalue weighted by atomic mass is 16.3. The number of carbonyl (C=O) groups is 2. The molecule has 0 saturated heterocycles. The molecule has 0 radical (unpaired) electrons. The van der Waals surface area contributed by atoms with Crippen molar-refractivity contribution in [3.05, 3.63) is 23.7 Å². The molecule has 1 N–H and O–H groups in total. The molecule has 18 heavy (non-hydrogen) atoms. The Labute approximate surface area is 105 Å². The third-order valence-electron chi connectivity index (χ3n) is 3.40. The number of fused-ring (bicyclic) bond motifs is 1. The summed E-state index contributed by atoms with van der Waals surface area (Å²) in [6, 6.07) is 2.30. The molecule has 0 atom stereocenters. The van der Waals surface area contributed by atoms with Crippen LogP contribution in [0, 0.1) is 0 Å². The van der Waals surface area contributed by atoms with Crippen molar-refractivity contribution in [2.24, 2.45) is 0 Å². The first kappa shape index (κ1) is 11.5. The molecular weight excluding hydrogens is 232 g/mol. The average Bonchev–Trinajstić information content (AvgIpc) is 3.05. The van der Waals surface area contributed by atoms with Crippen LogP contribution in [0.3, 0.4) is 0 Å². The molecule has 0 spiro atoms. The monoisotopic (exact) mass is 248 g/mol. The molecule has 0 unspecified atom stereocenters. The van der Waals surface area contributed by atoms with Gasteiger partial charge in [-0.25, -0.2) is 0 Å². The van der Waals surface area contributed by atoms with Gasteiger partial charge in [-0.2, -0.15) is 0 Å². The molecule has 1 saturated carbocycles. The molecule has 96 valence electrons. The topological polar surface area (TPSA) is 62.6 Å². The number of nitrogens with zero attached hydrogens (tertiary/aromatic N) is 1. The summed E-state index contributed by atoms with van der Waals surface area (Å²) in [4.78, 5) is 25.2. The minimum Gasteiger partial charge on any atom is -0.468 e. The number of furan rings is 1. The van der Waals surface area contributed by atoms with Crippen molar-refractivity contribution < 1.29 is 14.0 Å². The maximum Gasteiger partial charge on any atom is 0.264 e. The van der Waals surface area contributed by atoms with Crippen LogP contribution in [0.4, 0.5) is 0 Å². The summed E-state index contributed by atoms with van der Waals surface area (Å²) in [6.07, 6.45) is 4.97. The fourth-order valence-corrected chi connectivity index (χ4v) is 2.22. The van der Waals surface area contributed by atoms with Crippen molar-refractivity contribution in [1.82, 2.24) is 10.2 Å². The number of carbonyl (C=O) groups excluding carboxylic acids is 2. The van der Waals surface area contributed by atoms with Gasteiger partial charge in [0.25, 0.3) is 5.91 Å². The minimum atomic E-state index is -0.221. The lowest BCUT2D eigenvalue weighted by Gasteiger charge is -2.24. The van der Waals surface area contributed by atoms with Crippen molar-refractivity contribution in [2.45, 2.75) is 31.7 Å². The van der Waals surface area contributed by atoms with Gasteiger partial charge in [-0.1, -0.05) is 0 Å². The standard InChI is InChI=1S/C13H16N2O3/c16-12-8-11-10(4-7-18-11)13(17)15(12)6-1-5-14-9-2-3-9/h4,7,9,14H,1-3,5-6,8H2. The zero-order chi connectivity index (χ0) is 12.5. The first-order valence-electron chi connectivity index (χ1n) is 6.40. The first-order valence-corrected chi connectivity index (χ1v) is 6.40. The molecule has 1 aromatic heterocycles. The zero-order valence-corrected chi connectivity index (χ0v) is 10.1. The van der Waals surface area contributed by atoms with Crippen molar-refractivity contribution in [3.63, 3.8) is 0 Å². The van der Waals surface area contributed by atoms with Gasteiger partial charge in [-0.15, -0.1) is 0 Å². The Morgan fingerprint density at radius 2 is 2.22 bits per heavy atom. The molecule has 1 aromatic rings. The molecule has 0 bridgehead atoms. The summed E-state index contributed by atoms with van der Waals surface area (Å²) < 4.78 is 5.13. The van der Waals surface area contributed by atoms with Gasteiger partial charge in [-0.3, -0.25) is 14.5 Å². The van der Waals surface area contributed by atoms with Crippen LogP contribution in [0.5, 0.6) is 0 Å². The molecule has 0 aromatic carbocycles. The summed E-state index contributed by atoms with van der Waals surface area (Å²) in [5, 5.41) is 3.37. The summed E-state index contributed by atoms with van der Waals surface area (Å²) >= 11 is 0. The van der Waals surface area contributed by atoms with E-state index < -0.39 is 0 Å². The van der Waals surface area contributed by atoms with Gasteiger partial charge < -0.3 is 9.73 Å². The second kappa shape index (κ2) is 4.57. The Morgan fingerprint density at radius 3 is 3.00 bits per heavy atom. The van der Waals surface area contributed by atoms with E-state index >= 15 is 0 Å². The second-order valence-electron chi connectivity index (χ2n) is 4.87. The fourth-order valence-electron chi connectivity index (χ4n) is 2.22. The van der Waals surface area contributed by atoms with Gasteiger partial charge in [0.15, 0.2) is 0 Å². The van der Waals surface area contributed by atoms with E-state index in [-0.39, 0.29) is 18.2 Å². The van der Waals surface area contributed by atoms with Crippen LogP contribution >= 0.6 is 0 Å². The number of hydrogen-bond acceptors (Lipinski definition) is 4. The lowest BCUT2D eigenvalue weighted by molar-refractivity contribution is -0.128. The molecule has 3 rings (SSSR count). The van der Waals surface area contributed by atoms with Crippen LogP contribution in [0.2, 0.25) is 0 Å². The highest BCUT2D eigenvalue weighted by molar-refractivity contribution is 6.09. The fraction of sp³-hybridized carbons (Fsp3) is 0.538. The lowest BCUT2D eigenvalue weighted by Crippen LogP contribution is -2.43. The molecule has 5 nitrogen and oxygen atoms in total. The highest BCUT2D eigenvalue weighted by Crippen LogP contribution is 2.21. The highest BCUT2D eigenvalue weighted by Gasteiger charge is 2.32. The maximum atomic E-state index is 12.1. The van der Waals surface area contributed by atoms with Crippen molar-refractivity contribution in [3.8, 4) is 0 Å². The molecule has 1 aliphatic carbocycles. The van der Waals surface area contributed by atoms with E-state index in [0.29, 0.717) is 23.9 Å². The van der Waals surface area contributed by atoms with Crippen LogP contribution < -0.4 is 5.32 Å². The summed E-state index contributed by atoms with van der Waals surface area (Å²) in [7, 11) is 0. The van der Waals surface area contributed by atoms with E-state index in [0.717, 1.165) is 13.0 Å². The van der Waals surface area contributed by atoms with Crippen LogP contribution in [0.25, 0.3) is 0 Å². The van der Waals surface area contributed by atoms with Gasteiger partial charge in [0.1, 0.15) is 5.76 Å². The van der Waals surface area contributed by atoms with Gasteiger partial charge in [0.05, 0.1) is 18.2 Å². The first-order chi connectivity index (χ1) is 8.75. The Bertz CT molecular complexity index is 476. The van der Waals surface area contributed by atoms with Crippen molar-refractivity contribution in [1.29, 1.82) is 0 Å². The zero-order valence-electron chi connectivity index (χ0n) is 10.1. The van der Waals surface area contributed by atoms with Crippen LogP contribution in [0.1, 0.15) is 35.4 Å². The number of amides is 2. The van der Waals surface area contributed by atoms with E-state index in [9.17, 15) is 9.59 Å². The third kappa shape index (κ3) is 2.18. The molecule has 2 heterocycles. The van der Waals surface area contributed by atoms with Gasteiger partial charge in [-0.05, 0) is 31.9 Å². The molecule has 1 fully saturated rings. The predicted octanol–water partition coefficient (Wildman–Crippen LogP) is 0.947.